The molecule has 27 heavy (non-hydrogen) atoms. The summed E-state index contributed by atoms with van der Waals surface area (Å²) in [5.74, 6) is 0.790. The van der Waals surface area contributed by atoms with E-state index in [2.05, 4.69) is 24.1 Å². The normalized spacial score (nSPS) is 25.6. The van der Waals surface area contributed by atoms with Crippen LogP contribution in [0.2, 0.25) is 0 Å². The summed E-state index contributed by atoms with van der Waals surface area (Å²) in [5.41, 5.74) is 0. The summed E-state index contributed by atoms with van der Waals surface area (Å²) in [6.07, 6.45) is 5.71. The van der Waals surface area contributed by atoms with Gasteiger partial charge in [-0.2, -0.15) is 0 Å². The molecule has 8 heteroatoms. The number of hydrogen-bond donors (Lipinski definition) is 1. The summed E-state index contributed by atoms with van der Waals surface area (Å²) in [6.45, 7) is 10.0. The molecule has 0 radical (unpaired) electrons. The van der Waals surface area contributed by atoms with Crippen LogP contribution in [0.15, 0.2) is 0 Å². The molecule has 3 rings (SSSR count). The molecular formula is C19H36Cl2N4O2. The third kappa shape index (κ3) is 5.96. The van der Waals surface area contributed by atoms with Gasteiger partial charge in [-0.05, 0) is 44.7 Å². The molecule has 2 atom stereocenters. The van der Waals surface area contributed by atoms with Crippen LogP contribution < -0.4 is 5.32 Å². The van der Waals surface area contributed by atoms with Crippen molar-refractivity contribution in [3.8, 4) is 0 Å². The van der Waals surface area contributed by atoms with E-state index >= 15 is 0 Å². The maximum Gasteiger partial charge on any atom is 0.240 e. The first kappa shape index (κ1) is 24.5. The first-order chi connectivity index (χ1) is 12.1. The van der Waals surface area contributed by atoms with Gasteiger partial charge in [-0.15, -0.1) is 24.8 Å². The second-order valence-electron chi connectivity index (χ2n) is 8.13. The zero-order chi connectivity index (χ0) is 17.8. The Morgan fingerprint density at radius 3 is 2.37 bits per heavy atom. The van der Waals surface area contributed by atoms with Crippen LogP contribution in [-0.4, -0.2) is 84.4 Å². The zero-order valence-electron chi connectivity index (χ0n) is 16.7. The van der Waals surface area contributed by atoms with Crippen molar-refractivity contribution >= 4 is 36.6 Å². The maximum atomic E-state index is 13.3. The molecule has 3 fully saturated rings. The van der Waals surface area contributed by atoms with Gasteiger partial charge in [-0.1, -0.05) is 20.3 Å². The van der Waals surface area contributed by atoms with Gasteiger partial charge in [0.25, 0.3) is 0 Å². The standard InChI is InChI=1S/C19H34N4O2.2ClH/c1-15(2)18(21-9-4-3-5-10-21)19(25)22-11-6-7-16(14-22)23-12-8-20-13-17(23)24;;/h15-16,18,20H,3-14H2,1-2H3;2*1H. The molecule has 3 heterocycles. The Morgan fingerprint density at radius 1 is 1.04 bits per heavy atom. The second kappa shape index (κ2) is 11.4. The third-order valence-electron chi connectivity index (χ3n) is 5.94. The fourth-order valence-corrected chi connectivity index (χ4v) is 4.66. The Bertz CT molecular complexity index is 486. The summed E-state index contributed by atoms with van der Waals surface area (Å²) in [4.78, 5) is 32.0. The van der Waals surface area contributed by atoms with E-state index in [0.717, 1.165) is 45.6 Å². The number of hydrogen-bond acceptors (Lipinski definition) is 4. The Balaban J connectivity index is 0.00000182. The van der Waals surface area contributed by atoms with Crippen molar-refractivity contribution in [3.05, 3.63) is 0 Å². The molecule has 158 valence electrons. The second-order valence-corrected chi connectivity index (χ2v) is 8.13. The van der Waals surface area contributed by atoms with E-state index < -0.39 is 0 Å². The van der Waals surface area contributed by atoms with Crippen LogP contribution in [0.1, 0.15) is 46.0 Å². The van der Waals surface area contributed by atoms with E-state index in [1.807, 2.05) is 9.80 Å². The van der Waals surface area contributed by atoms with Crippen LogP contribution in [0, 0.1) is 5.92 Å². The van der Waals surface area contributed by atoms with E-state index in [1.165, 1.54) is 19.3 Å². The van der Waals surface area contributed by atoms with Gasteiger partial charge in [0.2, 0.25) is 11.8 Å². The lowest BCUT2D eigenvalue weighted by Gasteiger charge is -2.44. The summed E-state index contributed by atoms with van der Waals surface area (Å²) < 4.78 is 0. The summed E-state index contributed by atoms with van der Waals surface area (Å²) in [5, 5.41) is 3.14. The number of piperazine rings is 1. The van der Waals surface area contributed by atoms with E-state index in [-0.39, 0.29) is 48.7 Å². The number of nitrogens with one attached hydrogen (secondary N) is 1. The Kier molecular flexibility index (Phi) is 10.4. The Hall–Kier alpha value is -0.560. The highest BCUT2D eigenvalue weighted by Gasteiger charge is 2.37. The molecule has 2 amide bonds. The molecule has 0 aromatic rings. The largest absolute Gasteiger partial charge is 0.339 e. The number of halogens is 2. The highest BCUT2D eigenvalue weighted by Crippen LogP contribution is 2.23. The van der Waals surface area contributed by atoms with Crippen LogP contribution in [0.25, 0.3) is 0 Å². The fraction of sp³-hybridized carbons (Fsp3) is 0.895. The van der Waals surface area contributed by atoms with Gasteiger partial charge in [-0.25, -0.2) is 0 Å². The molecule has 6 nitrogen and oxygen atoms in total. The molecule has 3 aliphatic rings. The summed E-state index contributed by atoms with van der Waals surface area (Å²) in [7, 11) is 0. The molecule has 3 saturated heterocycles. The van der Waals surface area contributed by atoms with Gasteiger partial charge in [-0.3, -0.25) is 14.5 Å². The van der Waals surface area contributed by atoms with Crippen molar-refractivity contribution in [2.75, 3.05) is 45.8 Å². The van der Waals surface area contributed by atoms with Crippen molar-refractivity contribution in [3.63, 3.8) is 0 Å². The van der Waals surface area contributed by atoms with Crippen LogP contribution in [0.3, 0.4) is 0 Å². The zero-order valence-corrected chi connectivity index (χ0v) is 18.3. The van der Waals surface area contributed by atoms with Crippen molar-refractivity contribution in [1.29, 1.82) is 0 Å². The van der Waals surface area contributed by atoms with Crippen molar-refractivity contribution < 1.29 is 9.59 Å². The smallest absolute Gasteiger partial charge is 0.240 e. The lowest BCUT2D eigenvalue weighted by Crippen LogP contribution is -2.60. The monoisotopic (exact) mass is 422 g/mol. The van der Waals surface area contributed by atoms with Crippen molar-refractivity contribution in [2.24, 2.45) is 5.92 Å². The Morgan fingerprint density at radius 2 is 1.74 bits per heavy atom. The van der Waals surface area contributed by atoms with Crippen LogP contribution >= 0.6 is 24.8 Å². The minimum Gasteiger partial charge on any atom is -0.339 e. The summed E-state index contributed by atoms with van der Waals surface area (Å²) in [6, 6.07) is 0.194. The molecule has 0 aromatic heterocycles. The van der Waals surface area contributed by atoms with Gasteiger partial charge in [0.1, 0.15) is 0 Å². The van der Waals surface area contributed by atoms with E-state index in [4.69, 9.17) is 0 Å². The van der Waals surface area contributed by atoms with Crippen molar-refractivity contribution in [1.82, 2.24) is 20.0 Å². The van der Waals surface area contributed by atoms with Gasteiger partial charge in [0.15, 0.2) is 0 Å². The lowest BCUT2D eigenvalue weighted by molar-refractivity contribution is -0.145. The Labute approximate surface area is 176 Å². The average molecular weight is 423 g/mol. The summed E-state index contributed by atoms with van der Waals surface area (Å²) >= 11 is 0. The molecule has 0 bridgehead atoms. The first-order valence-electron chi connectivity index (χ1n) is 10.1. The molecule has 3 aliphatic heterocycles. The average Bonchev–Trinajstić information content (AvgIpc) is 2.63. The maximum absolute atomic E-state index is 13.3. The number of likely N-dealkylation sites (tertiary alicyclic amines) is 2. The number of rotatable bonds is 4. The van der Waals surface area contributed by atoms with Crippen LogP contribution in [0.5, 0.6) is 0 Å². The van der Waals surface area contributed by atoms with Gasteiger partial charge < -0.3 is 15.1 Å². The third-order valence-corrected chi connectivity index (χ3v) is 5.94. The predicted molar refractivity (Wildman–Crippen MR) is 113 cm³/mol. The fourth-order valence-electron chi connectivity index (χ4n) is 4.66. The number of nitrogens with zero attached hydrogens (tertiary/aromatic N) is 3. The van der Waals surface area contributed by atoms with E-state index in [1.54, 1.807) is 0 Å². The topological polar surface area (TPSA) is 55.9 Å². The predicted octanol–water partition coefficient (Wildman–Crippen LogP) is 1.76. The number of amides is 2. The number of carbonyl (C=O) groups is 2. The van der Waals surface area contributed by atoms with Crippen LogP contribution in [0.4, 0.5) is 0 Å². The van der Waals surface area contributed by atoms with Crippen LogP contribution in [-0.2, 0) is 9.59 Å². The molecule has 0 aromatic carbocycles. The highest BCUT2D eigenvalue weighted by molar-refractivity contribution is 5.85. The van der Waals surface area contributed by atoms with E-state index in [0.29, 0.717) is 19.0 Å². The number of piperidine rings is 2. The number of carbonyl (C=O) groups excluding carboxylic acids is 2. The molecule has 0 spiro atoms. The molecule has 1 N–H and O–H groups in total. The molecule has 2 unspecified atom stereocenters. The van der Waals surface area contributed by atoms with Crippen molar-refractivity contribution in [2.45, 2.75) is 58.0 Å². The molecule has 0 aliphatic carbocycles. The highest BCUT2D eigenvalue weighted by atomic mass is 35.5. The lowest BCUT2D eigenvalue weighted by atomic mass is 9.96. The quantitative estimate of drug-likeness (QED) is 0.749. The van der Waals surface area contributed by atoms with Gasteiger partial charge >= 0.3 is 0 Å². The van der Waals surface area contributed by atoms with Gasteiger partial charge in [0.05, 0.1) is 12.6 Å². The molecular weight excluding hydrogens is 387 g/mol. The first-order valence-corrected chi connectivity index (χ1v) is 10.1. The van der Waals surface area contributed by atoms with E-state index in [9.17, 15) is 9.59 Å². The van der Waals surface area contributed by atoms with Gasteiger partial charge in [0, 0.05) is 32.2 Å². The molecule has 0 saturated carbocycles. The SMILES string of the molecule is CC(C)C(C(=O)N1CCCC(N2CCNCC2=O)C1)N1CCCCC1.Cl.Cl. The minimum atomic E-state index is -0.00206. The minimum absolute atomic E-state index is 0.